The van der Waals surface area contributed by atoms with E-state index in [0.717, 1.165) is 29.8 Å². The normalized spacial score (nSPS) is 11.0. The van der Waals surface area contributed by atoms with E-state index in [1.165, 1.54) is 23.3 Å². The van der Waals surface area contributed by atoms with Crippen LogP contribution in [0.1, 0.15) is 11.1 Å². The molecular weight excluding hydrogens is 265 g/mol. The van der Waals surface area contributed by atoms with Crippen molar-refractivity contribution < 1.29 is 4.39 Å². The second kappa shape index (κ2) is 5.56. The fourth-order valence-corrected chi connectivity index (χ4v) is 2.38. The number of hydrogen-bond donors (Lipinski definition) is 1. The zero-order valence-corrected chi connectivity index (χ0v) is 12.2. The van der Waals surface area contributed by atoms with E-state index in [2.05, 4.69) is 40.8 Å². The largest absolute Gasteiger partial charge is 0.383 e. The van der Waals surface area contributed by atoms with Crippen molar-refractivity contribution in [1.29, 1.82) is 0 Å². The number of imidazole rings is 1. The molecule has 0 spiro atoms. The Bertz CT molecular complexity index is 760. The molecule has 0 saturated carbocycles. The molecule has 3 nitrogen and oxygen atoms in total. The molecule has 3 aromatic rings. The Morgan fingerprint density at radius 2 is 1.81 bits per heavy atom. The van der Waals surface area contributed by atoms with Crippen LogP contribution in [0.25, 0.3) is 11.0 Å². The van der Waals surface area contributed by atoms with Gasteiger partial charge in [-0.1, -0.05) is 0 Å². The summed E-state index contributed by atoms with van der Waals surface area (Å²) in [6, 6.07) is 10.7. The predicted octanol–water partition coefficient (Wildman–Crippen LogP) is 3.90. The molecule has 1 aromatic heterocycles. The summed E-state index contributed by atoms with van der Waals surface area (Å²) in [6.07, 6.45) is 1.87. The quantitative estimate of drug-likeness (QED) is 0.787. The van der Waals surface area contributed by atoms with E-state index in [1.807, 2.05) is 6.33 Å². The van der Waals surface area contributed by atoms with Gasteiger partial charge in [0, 0.05) is 18.8 Å². The Morgan fingerprint density at radius 1 is 1.10 bits per heavy atom. The minimum absolute atomic E-state index is 0.216. The highest BCUT2D eigenvalue weighted by atomic mass is 19.1. The molecule has 3 rings (SSSR count). The molecule has 0 amide bonds. The molecular formula is C17H18FN3. The number of hydrogen-bond acceptors (Lipinski definition) is 2. The van der Waals surface area contributed by atoms with Gasteiger partial charge in [0.25, 0.3) is 0 Å². The van der Waals surface area contributed by atoms with Crippen molar-refractivity contribution in [2.24, 2.45) is 0 Å². The second-order valence-corrected chi connectivity index (χ2v) is 5.30. The summed E-state index contributed by atoms with van der Waals surface area (Å²) in [5, 5.41) is 3.29. The van der Waals surface area contributed by atoms with E-state index < -0.39 is 0 Å². The fraction of sp³-hybridized carbons (Fsp3) is 0.235. The molecule has 108 valence electrons. The highest BCUT2D eigenvalue weighted by Crippen LogP contribution is 2.18. The van der Waals surface area contributed by atoms with Gasteiger partial charge in [0.15, 0.2) is 0 Å². The summed E-state index contributed by atoms with van der Waals surface area (Å²) in [5.41, 5.74) is 5.64. The van der Waals surface area contributed by atoms with Crippen molar-refractivity contribution in [3.05, 3.63) is 59.7 Å². The molecule has 2 aromatic carbocycles. The number of halogens is 1. The molecule has 0 aliphatic carbocycles. The maximum Gasteiger partial charge on any atom is 0.123 e. The number of rotatable bonds is 4. The molecule has 0 unspecified atom stereocenters. The van der Waals surface area contributed by atoms with Gasteiger partial charge in [-0.15, -0.1) is 0 Å². The molecule has 0 saturated heterocycles. The lowest BCUT2D eigenvalue weighted by atomic mass is 10.1. The monoisotopic (exact) mass is 283 g/mol. The smallest absolute Gasteiger partial charge is 0.123 e. The molecule has 21 heavy (non-hydrogen) atoms. The molecule has 0 atom stereocenters. The summed E-state index contributed by atoms with van der Waals surface area (Å²) >= 11 is 0. The number of aryl methyl sites for hydroxylation is 2. The van der Waals surface area contributed by atoms with Gasteiger partial charge in [-0.2, -0.15) is 0 Å². The van der Waals surface area contributed by atoms with Crippen LogP contribution in [0, 0.1) is 19.7 Å². The average molecular weight is 283 g/mol. The van der Waals surface area contributed by atoms with Crippen LogP contribution in [0.15, 0.2) is 42.7 Å². The fourth-order valence-electron chi connectivity index (χ4n) is 2.38. The Labute approximate surface area is 123 Å². The maximum atomic E-state index is 12.8. The number of fused-ring (bicyclic) bond motifs is 1. The molecule has 0 aliphatic rings. The Morgan fingerprint density at radius 3 is 2.57 bits per heavy atom. The van der Waals surface area contributed by atoms with Gasteiger partial charge in [0.05, 0.1) is 17.4 Å². The third-order valence-corrected chi connectivity index (χ3v) is 3.76. The minimum atomic E-state index is -0.216. The number of nitrogens with one attached hydrogen (secondary N) is 1. The molecule has 0 radical (unpaired) electrons. The average Bonchev–Trinajstić information content (AvgIpc) is 2.84. The van der Waals surface area contributed by atoms with Crippen molar-refractivity contribution in [2.75, 3.05) is 11.9 Å². The molecule has 0 fully saturated rings. The zero-order valence-electron chi connectivity index (χ0n) is 12.2. The van der Waals surface area contributed by atoms with Crippen LogP contribution >= 0.6 is 0 Å². The van der Waals surface area contributed by atoms with Crippen molar-refractivity contribution in [3.8, 4) is 0 Å². The van der Waals surface area contributed by atoms with Crippen LogP contribution in [0.4, 0.5) is 10.1 Å². The lowest BCUT2D eigenvalue weighted by Gasteiger charge is -2.08. The van der Waals surface area contributed by atoms with Crippen LogP contribution in [-0.4, -0.2) is 16.1 Å². The van der Waals surface area contributed by atoms with Gasteiger partial charge in [-0.3, -0.25) is 0 Å². The molecule has 0 bridgehead atoms. The van der Waals surface area contributed by atoms with E-state index in [4.69, 9.17) is 0 Å². The van der Waals surface area contributed by atoms with Gasteiger partial charge >= 0.3 is 0 Å². The summed E-state index contributed by atoms with van der Waals surface area (Å²) < 4.78 is 15.0. The first-order valence-corrected chi connectivity index (χ1v) is 7.05. The molecule has 1 heterocycles. The molecule has 4 heteroatoms. The minimum Gasteiger partial charge on any atom is -0.383 e. The SMILES string of the molecule is Cc1cc2ncn(CCNc3ccc(F)cc3)c2cc1C. The topological polar surface area (TPSA) is 29.9 Å². The van der Waals surface area contributed by atoms with Crippen LogP contribution in [0.5, 0.6) is 0 Å². The van der Waals surface area contributed by atoms with Gasteiger partial charge in [-0.25, -0.2) is 9.37 Å². The number of nitrogens with zero attached hydrogens (tertiary/aromatic N) is 2. The standard InChI is InChI=1S/C17H18FN3/c1-12-9-16-17(10-13(12)2)21(11-20-16)8-7-19-15-5-3-14(18)4-6-15/h3-6,9-11,19H,7-8H2,1-2H3. The number of aromatic nitrogens is 2. The zero-order chi connectivity index (χ0) is 14.8. The van der Waals surface area contributed by atoms with Gasteiger partial charge in [0.1, 0.15) is 5.82 Å². The van der Waals surface area contributed by atoms with E-state index >= 15 is 0 Å². The lowest BCUT2D eigenvalue weighted by molar-refractivity contribution is 0.628. The first kappa shape index (κ1) is 13.6. The first-order chi connectivity index (χ1) is 10.1. The summed E-state index contributed by atoms with van der Waals surface area (Å²) in [7, 11) is 0. The lowest BCUT2D eigenvalue weighted by Crippen LogP contribution is -2.09. The van der Waals surface area contributed by atoms with Gasteiger partial charge < -0.3 is 9.88 Å². The Hall–Kier alpha value is -2.36. The van der Waals surface area contributed by atoms with Gasteiger partial charge in [0.2, 0.25) is 0 Å². The number of anilines is 1. The highest BCUT2D eigenvalue weighted by Gasteiger charge is 2.04. The van der Waals surface area contributed by atoms with Crippen LogP contribution in [0.3, 0.4) is 0 Å². The summed E-state index contributed by atoms with van der Waals surface area (Å²) in [5.74, 6) is -0.216. The summed E-state index contributed by atoms with van der Waals surface area (Å²) in [4.78, 5) is 4.44. The first-order valence-electron chi connectivity index (χ1n) is 7.05. The van der Waals surface area contributed by atoms with E-state index in [1.54, 1.807) is 12.1 Å². The number of benzene rings is 2. The second-order valence-electron chi connectivity index (χ2n) is 5.30. The molecule has 1 N–H and O–H groups in total. The Kier molecular flexibility index (Phi) is 3.60. The van der Waals surface area contributed by atoms with Crippen molar-refractivity contribution in [3.63, 3.8) is 0 Å². The summed E-state index contributed by atoms with van der Waals surface area (Å²) in [6.45, 7) is 5.80. The van der Waals surface area contributed by atoms with E-state index in [-0.39, 0.29) is 5.82 Å². The van der Waals surface area contributed by atoms with Crippen LogP contribution in [0.2, 0.25) is 0 Å². The highest BCUT2D eigenvalue weighted by molar-refractivity contribution is 5.77. The third-order valence-electron chi connectivity index (χ3n) is 3.76. The maximum absolute atomic E-state index is 12.8. The third kappa shape index (κ3) is 2.89. The van der Waals surface area contributed by atoms with Crippen LogP contribution < -0.4 is 5.32 Å². The molecule has 0 aliphatic heterocycles. The predicted molar refractivity (Wildman–Crippen MR) is 84.1 cm³/mol. The van der Waals surface area contributed by atoms with Crippen molar-refractivity contribution in [2.45, 2.75) is 20.4 Å². The van der Waals surface area contributed by atoms with E-state index in [9.17, 15) is 4.39 Å². The van der Waals surface area contributed by atoms with E-state index in [0.29, 0.717) is 0 Å². The van der Waals surface area contributed by atoms with Crippen LogP contribution in [-0.2, 0) is 6.54 Å². The Balaban J connectivity index is 1.70. The van der Waals surface area contributed by atoms with Crippen molar-refractivity contribution >= 4 is 16.7 Å². The van der Waals surface area contributed by atoms with Gasteiger partial charge in [-0.05, 0) is 61.4 Å². The van der Waals surface area contributed by atoms with Crippen molar-refractivity contribution in [1.82, 2.24) is 9.55 Å².